The number of benzene rings is 1. The smallest absolute Gasteiger partial charge is 0.192 e. The van der Waals surface area contributed by atoms with Crippen molar-refractivity contribution in [3.8, 4) is 17.5 Å². The van der Waals surface area contributed by atoms with Gasteiger partial charge in [0.25, 0.3) is 0 Å². The molecule has 22 heavy (non-hydrogen) atoms. The molecule has 1 unspecified atom stereocenters. The topological polar surface area (TPSA) is 63.7 Å². The standard InChI is InChI=1S/C15H17ClN4OS/c1-11(10-17)22-15-19-18-14(20(15)8-5-9-21-2)12-6-3-4-7-13(12)16/h3-4,6-7,11H,5,8-9H2,1-2H3. The molecular weight excluding hydrogens is 320 g/mol. The Bertz CT molecular complexity index is 668. The van der Waals surface area contributed by atoms with Crippen molar-refractivity contribution >= 4 is 23.4 Å². The summed E-state index contributed by atoms with van der Waals surface area (Å²) in [5.41, 5.74) is 0.838. The molecule has 1 heterocycles. The number of ether oxygens (including phenoxy) is 1. The van der Waals surface area contributed by atoms with Crippen molar-refractivity contribution in [2.75, 3.05) is 13.7 Å². The Hall–Kier alpha value is -1.55. The van der Waals surface area contributed by atoms with Crippen LogP contribution in [0, 0.1) is 11.3 Å². The van der Waals surface area contributed by atoms with Crippen LogP contribution in [0.4, 0.5) is 0 Å². The number of thioether (sulfide) groups is 1. The highest BCUT2D eigenvalue weighted by Crippen LogP contribution is 2.30. The van der Waals surface area contributed by atoms with E-state index < -0.39 is 0 Å². The van der Waals surface area contributed by atoms with Crippen LogP contribution in [0.1, 0.15) is 13.3 Å². The van der Waals surface area contributed by atoms with Gasteiger partial charge in [0.05, 0.1) is 16.3 Å². The highest BCUT2D eigenvalue weighted by Gasteiger charge is 2.18. The molecule has 2 aromatic rings. The Morgan fingerprint density at radius 3 is 2.86 bits per heavy atom. The zero-order valence-electron chi connectivity index (χ0n) is 12.5. The molecule has 0 bridgehead atoms. The van der Waals surface area contributed by atoms with Gasteiger partial charge in [0.15, 0.2) is 11.0 Å². The van der Waals surface area contributed by atoms with Gasteiger partial charge in [-0.05, 0) is 25.5 Å². The highest BCUT2D eigenvalue weighted by atomic mass is 35.5. The first-order valence-electron chi connectivity index (χ1n) is 6.90. The maximum atomic E-state index is 9.00. The molecule has 0 spiro atoms. The van der Waals surface area contributed by atoms with Crippen LogP contribution in [-0.4, -0.2) is 33.7 Å². The summed E-state index contributed by atoms with van der Waals surface area (Å²) in [5, 5.41) is 18.7. The second-order valence-electron chi connectivity index (χ2n) is 4.67. The van der Waals surface area contributed by atoms with Crippen LogP contribution in [0.2, 0.25) is 5.02 Å². The minimum atomic E-state index is -0.190. The van der Waals surface area contributed by atoms with E-state index in [1.807, 2.05) is 35.8 Å². The van der Waals surface area contributed by atoms with Crippen molar-refractivity contribution < 1.29 is 4.74 Å². The van der Waals surface area contributed by atoms with E-state index in [9.17, 15) is 0 Å². The molecule has 2 rings (SSSR count). The Balaban J connectivity index is 2.37. The second-order valence-corrected chi connectivity index (χ2v) is 6.39. The van der Waals surface area contributed by atoms with Gasteiger partial charge in [0.1, 0.15) is 0 Å². The van der Waals surface area contributed by atoms with Crippen LogP contribution in [-0.2, 0) is 11.3 Å². The molecule has 0 aliphatic carbocycles. The van der Waals surface area contributed by atoms with Crippen LogP contribution >= 0.6 is 23.4 Å². The van der Waals surface area contributed by atoms with E-state index in [0.29, 0.717) is 24.0 Å². The molecule has 7 heteroatoms. The van der Waals surface area contributed by atoms with Gasteiger partial charge >= 0.3 is 0 Å². The summed E-state index contributed by atoms with van der Waals surface area (Å²) in [6.45, 7) is 3.20. The molecule has 5 nitrogen and oxygen atoms in total. The van der Waals surface area contributed by atoms with Crippen LogP contribution < -0.4 is 0 Å². The fraction of sp³-hybridized carbons (Fsp3) is 0.400. The Labute approximate surface area is 139 Å². The molecule has 0 saturated carbocycles. The predicted molar refractivity (Wildman–Crippen MR) is 87.9 cm³/mol. The lowest BCUT2D eigenvalue weighted by molar-refractivity contribution is 0.189. The van der Waals surface area contributed by atoms with E-state index >= 15 is 0 Å². The summed E-state index contributed by atoms with van der Waals surface area (Å²) in [4.78, 5) is 0. The number of methoxy groups -OCH3 is 1. The van der Waals surface area contributed by atoms with Crippen molar-refractivity contribution in [3.05, 3.63) is 29.3 Å². The van der Waals surface area contributed by atoms with E-state index in [2.05, 4.69) is 16.3 Å². The molecule has 0 fully saturated rings. The minimum Gasteiger partial charge on any atom is -0.385 e. The Morgan fingerprint density at radius 1 is 1.41 bits per heavy atom. The van der Waals surface area contributed by atoms with Gasteiger partial charge in [0.2, 0.25) is 0 Å². The van der Waals surface area contributed by atoms with E-state index in [0.717, 1.165) is 17.1 Å². The van der Waals surface area contributed by atoms with Gasteiger partial charge in [-0.1, -0.05) is 35.5 Å². The van der Waals surface area contributed by atoms with Crippen molar-refractivity contribution in [1.29, 1.82) is 5.26 Å². The molecule has 1 aromatic heterocycles. The lowest BCUT2D eigenvalue weighted by Crippen LogP contribution is -2.06. The zero-order valence-corrected chi connectivity index (χ0v) is 14.1. The third-order valence-corrected chi connectivity index (χ3v) is 4.33. The van der Waals surface area contributed by atoms with Crippen molar-refractivity contribution in [2.24, 2.45) is 0 Å². The number of halogens is 1. The monoisotopic (exact) mass is 336 g/mol. The lowest BCUT2D eigenvalue weighted by atomic mass is 10.2. The number of nitrogens with zero attached hydrogens (tertiary/aromatic N) is 4. The quantitative estimate of drug-likeness (QED) is 0.570. The first kappa shape index (κ1) is 16.8. The minimum absolute atomic E-state index is 0.190. The average molecular weight is 337 g/mol. The molecule has 0 saturated heterocycles. The van der Waals surface area contributed by atoms with Crippen molar-refractivity contribution in [1.82, 2.24) is 14.8 Å². The SMILES string of the molecule is COCCCn1c(SC(C)C#N)nnc1-c1ccccc1Cl. The summed E-state index contributed by atoms with van der Waals surface area (Å²) in [5.74, 6) is 0.717. The maximum Gasteiger partial charge on any atom is 0.192 e. The molecule has 1 aromatic carbocycles. The summed E-state index contributed by atoms with van der Waals surface area (Å²) in [6.07, 6.45) is 0.834. The lowest BCUT2D eigenvalue weighted by Gasteiger charge is -2.11. The largest absolute Gasteiger partial charge is 0.385 e. The van der Waals surface area contributed by atoms with Crippen molar-refractivity contribution in [2.45, 2.75) is 30.3 Å². The number of aromatic nitrogens is 3. The first-order valence-corrected chi connectivity index (χ1v) is 8.16. The van der Waals surface area contributed by atoms with Crippen LogP contribution in [0.5, 0.6) is 0 Å². The van der Waals surface area contributed by atoms with E-state index in [-0.39, 0.29) is 5.25 Å². The van der Waals surface area contributed by atoms with E-state index in [1.54, 1.807) is 7.11 Å². The third kappa shape index (κ3) is 4.01. The number of rotatable bonds is 7. The molecule has 1 atom stereocenters. The summed E-state index contributed by atoms with van der Waals surface area (Å²) in [6, 6.07) is 9.74. The van der Waals surface area contributed by atoms with Gasteiger partial charge in [-0.2, -0.15) is 5.26 Å². The van der Waals surface area contributed by atoms with Gasteiger partial charge in [-0.15, -0.1) is 10.2 Å². The molecule has 0 N–H and O–H groups in total. The summed E-state index contributed by atoms with van der Waals surface area (Å²) in [7, 11) is 1.68. The molecule has 0 aliphatic heterocycles. The first-order chi connectivity index (χ1) is 10.7. The highest BCUT2D eigenvalue weighted by molar-refractivity contribution is 8.00. The fourth-order valence-corrected chi connectivity index (χ4v) is 2.95. The summed E-state index contributed by atoms with van der Waals surface area (Å²) >= 11 is 7.66. The van der Waals surface area contributed by atoms with Crippen LogP contribution in [0.3, 0.4) is 0 Å². The Morgan fingerprint density at radius 2 is 2.18 bits per heavy atom. The molecular formula is C15H17ClN4OS. The van der Waals surface area contributed by atoms with Gasteiger partial charge < -0.3 is 9.30 Å². The van der Waals surface area contributed by atoms with E-state index in [1.165, 1.54) is 11.8 Å². The molecule has 116 valence electrons. The number of nitriles is 1. The van der Waals surface area contributed by atoms with Crippen molar-refractivity contribution in [3.63, 3.8) is 0 Å². The third-order valence-electron chi connectivity index (χ3n) is 3.03. The number of hydrogen-bond acceptors (Lipinski definition) is 5. The maximum absolute atomic E-state index is 9.00. The van der Waals surface area contributed by atoms with Crippen LogP contribution in [0.15, 0.2) is 29.4 Å². The normalized spacial score (nSPS) is 12.1. The van der Waals surface area contributed by atoms with Gasteiger partial charge in [-0.25, -0.2) is 0 Å². The zero-order chi connectivity index (χ0) is 15.9. The predicted octanol–water partition coefficient (Wildman–Crippen LogP) is 3.64. The molecule has 0 aliphatic rings. The van der Waals surface area contributed by atoms with Gasteiger partial charge in [0, 0.05) is 25.8 Å². The van der Waals surface area contributed by atoms with Gasteiger partial charge in [-0.3, -0.25) is 0 Å². The molecule has 0 radical (unpaired) electrons. The second kappa shape index (κ2) is 8.18. The average Bonchev–Trinajstić information content (AvgIpc) is 2.90. The fourth-order valence-electron chi connectivity index (χ4n) is 1.97. The van der Waals surface area contributed by atoms with Crippen LogP contribution in [0.25, 0.3) is 11.4 Å². The number of hydrogen-bond donors (Lipinski definition) is 0. The van der Waals surface area contributed by atoms with E-state index in [4.69, 9.17) is 21.6 Å². The Kier molecular flexibility index (Phi) is 6.25. The molecule has 0 amide bonds. The summed E-state index contributed by atoms with van der Waals surface area (Å²) < 4.78 is 7.11.